The van der Waals surface area contributed by atoms with E-state index in [-0.39, 0.29) is 10.8 Å². The summed E-state index contributed by atoms with van der Waals surface area (Å²) in [6, 6.07) is 5.22. The van der Waals surface area contributed by atoms with Crippen molar-refractivity contribution in [2.24, 2.45) is 0 Å². The predicted octanol–water partition coefficient (Wildman–Crippen LogP) is 0.0735. The fourth-order valence-electron chi connectivity index (χ4n) is 3.64. The molecule has 12 heteroatoms. The Kier molecular flexibility index (Phi) is 5.75. The van der Waals surface area contributed by atoms with E-state index in [4.69, 9.17) is 4.74 Å². The highest BCUT2D eigenvalue weighted by atomic mass is 32.2. The van der Waals surface area contributed by atoms with Crippen LogP contribution in [-0.4, -0.2) is 85.4 Å². The van der Waals surface area contributed by atoms with Gasteiger partial charge in [0, 0.05) is 24.5 Å². The zero-order chi connectivity index (χ0) is 21.4. The standard InChI is InChI=1S/C18H22N4O6S2/c23-15(11-22-16(24)18(20-17(22)25)5-10-29-12-18)19-13-1-3-14(4-2-13)30(26,27)21-6-8-28-9-7-21/h1-4H,5-12H2,(H,19,23)(H,20,25). The summed E-state index contributed by atoms with van der Waals surface area (Å²) < 4.78 is 31.8. The first-order valence-electron chi connectivity index (χ1n) is 9.52. The lowest BCUT2D eigenvalue weighted by atomic mass is 9.99. The second-order valence-corrected chi connectivity index (χ2v) is 10.3. The number of anilines is 1. The Balaban J connectivity index is 1.38. The molecule has 0 aliphatic carbocycles. The molecular formula is C18H22N4O6S2. The van der Waals surface area contributed by atoms with Crippen molar-refractivity contribution < 1.29 is 27.5 Å². The van der Waals surface area contributed by atoms with Crippen LogP contribution in [0.4, 0.5) is 10.5 Å². The molecule has 0 radical (unpaired) electrons. The molecule has 3 aliphatic heterocycles. The summed E-state index contributed by atoms with van der Waals surface area (Å²) in [7, 11) is -3.62. The fraction of sp³-hybridized carbons (Fsp3) is 0.500. The third-order valence-electron chi connectivity index (χ3n) is 5.32. The van der Waals surface area contributed by atoms with Crippen LogP contribution in [0.3, 0.4) is 0 Å². The molecule has 1 unspecified atom stereocenters. The summed E-state index contributed by atoms with van der Waals surface area (Å²) >= 11 is 1.59. The molecule has 162 valence electrons. The first-order valence-corrected chi connectivity index (χ1v) is 12.1. The third-order valence-corrected chi connectivity index (χ3v) is 8.42. The third kappa shape index (κ3) is 3.92. The van der Waals surface area contributed by atoms with Gasteiger partial charge in [0.15, 0.2) is 0 Å². The molecule has 0 aromatic heterocycles. The van der Waals surface area contributed by atoms with Crippen LogP contribution >= 0.6 is 11.8 Å². The van der Waals surface area contributed by atoms with E-state index in [1.807, 2.05) is 0 Å². The Bertz CT molecular complexity index is 953. The van der Waals surface area contributed by atoms with E-state index in [2.05, 4.69) is 10.6 Å². The van der Waals surface area contributed by atoms with Crippen LogP contribution in [0.1, 0.15) is 6.42 Å². The van der Waals surface area contributed by atoms with Crippen molar-refractivity contribution in [1.29, 1.82) is 0 Å². The second-order valence-electron chi connectivity index (χ2n) is 7.30. The number of carbonyl (C=O) groups is 3. The van der Waals surface area contributed by atoms with Gasteiger partial charge in [-0.2, -0.15) is 16.1 Å². The lowest BCUT2D eigenvalue weighted by Gasteiger charge is -2.26. The highest BCUT2D eigenvalue weighted by Crippen LogP contribution is 2.33. The van der Waals surface area contributed by atoms with Gasteiger partial charge in [-0.15, -0.1) is 0 Å². The predicted molar refractivity (Wildman–Crippen MR) is 110 cm³/mol. The number of hydrogen-bond acceptors (Lipinski definition) is 7. The van der Waals surface area contributed by atoms with Gasteiger partial charge in [0.25, 0.3) is 5.91 Å². The van der Waals surface area contributed by atoms with Gasteiger partial charge >= 0.3 is 6.03 Å². The molecule has 3 saturated heterocycles. The highest BCUT2D eigenvalue weighted by molar-refractivity contribution is 7.99. The van der Waals surface area contributed by atoms with Crippen molar-refractivity contribution in [3.05, 3.63) is 24.3 Å². The van der Waals surface area contributed by atoms with Crippen LogP contribution in [0.25, 0.3) is 0 Å². The van der Waals surface area contributed by atoms with Crippen LogP contribution < -0.4 is 10.6 Å². The number of ether oxygens (including phenoxy) is 1. The van der Waals surface area contributed by atoms with Gasteiger partial charge in [0.05, 0.1) is 18.1 Å². The van der Waals surface area contributed by atoms with Crippen molar-refractivity contribution in [2.45, 2.75) is 16.9 Å². The molecule has 4 amide bonds. The normalized spacial score (nSPS) is 25.0. The molecule has 4 rings (SSSR count). The number of thioether (sulfide) groups is 1. The molecule has 0 bridgehead atoms. The van der Waals surface area contributed by atoms with Crippen molar-refractivity contribution in [3.8, 4) is 0 Å². The summed E-state index contributed by atoms with van der Waals surface area (Å²) in [6.45, 7) is 0.913. The Hall–Kier alpha value is -2.15. The number of sulfonamides is 1. The maximum Gasteiger partial charge on any atom is 0.325 e. The van der Waals surface area contributed by atoms with Crippen LogP contribution in [0, 0.1) is 0 Å². The number of carbonyl (C=O) groups excluding carboxylic acids is 3. The van der Waals surface area contributed by atoms with Crippen molar-refractivity contribution in [2.75, 3.05) is 49.7 Å². The maximum atomic E-state index is 12.6. The van der Waals surface area contributed by atoms with Gasteiger partial charge in [-0.1, -0.05) is 0 Å². The summed E-state index contributed by atoms with van der Waals surface area (Å²) in [4.78, 5) is 38.2. The van der Waals surface area contributed by atoms with Crippen LogP contribution in [0.15, 0.2) is 29.2 Å². The van der Waals surface area contributed by atoms with E-state index >= 15 is 0 Å². The van der Waals surface area contributed by atoms with Crippen LogP contribution in [0.2, 0.25) is 0 Å². The Morgan fingerprint density at radius 3 is 2.53 bits per heavy atom. The zero-order valence-corrected chi connectivity index (χ0v) is 17.8. The van der Waals surface area contributed by atoms with E-state index in [9.17, 15) is 22.8 Å². The highest BCUT2D eigenvalue weighted by Gasteiger charge is 2.53. The largest absolute Gasteiger partial charge is 0.379 e. The quantitative estimate of drug-likeness (QED) is 0.603. The van der Waals surface area contributed by atoms with Crippen LogP contribution in [-0.2, 0) is 24.3 Å². The number of morpholine rings is 1. The Morgan fingerprint density at radius 2 is 1.90 bits per heavy atom. The van der Waals surface area contributed by atoms with E-state index < -0.39 is 34.0 Å². The number of hydrogen-bond donors (Lipinski definition) is 2. The van der Waals surface area contributed by atoms with Gasteiger partial charge in [-0.25, -0.2) is 13.2 Å². The zero-order valence-electron chi connectivity index (χ0n) is 16.1. The molecule has 3 fully saturated rings. The minimum atomic E-state index is -3.62. The smallest absolute Gasteiger partial charge is 0.325 e. The first-order chi connectivity index (χ1) is 14.3. The maximum absolute atomic E-state index is 12.6. The molecule has 0 saturated carbocycles. The fourth-order valence-corrected chi connectivity index (χ4v) is 6.38. The Morgan fingerprint density at radius 1 is 1.20 bits per heavy atom. The van der Waals surface area contributed by atoms with Gasteiger partial charge < -0.3 is 15.4 Å². The number of amides is 4. The van der Waals surface area contributed by atoms with Crippen molar-refractivity contribution in [1.82, 2.24) is 14.5 Å². The molecule has 30 heavy (non-hydrogen) atoms. The molecule has 1 aromatic rings. The van der Waals surface area contributed by atoms with E-state index in [0.717, 1.165) is 10.7 Å². The molecular weight excluding hydrogens is 432 g/mol. The van der Waals surface area contributed by atoms with Gasteiger partial charge in [0.2, 0.25) is 15.9 Å². The van der Waals surface area contributed by atoms with E-state index in [1.54, 1.807) is 11.8 Å². The molecule has 3 heterocycles. The average molecular weight is 455 g/mol. The van der Waals surface area contributed by atoms with Gasteiger partial charge in [-0.05, 0) is 36.4 Å². The van der Waals surface area contributed by atoms with Crippen molar-refractivity contribution >= 4 is 45.3 Å². The molecule has 2 N–H and O–H groups in total. The molecule has 1 aromatic carbocycles. The molecule has 1 atom stereocenters. The average Bonchev–Trinajstić information content (AvgIpc) is 3.30. The topological polar surface area (TPSA) is 125 Å². The Labute approximate surface area is 178 Å². The minimum Gasteiger partial charge on any atom is -0.379 e. The number of imide groups is 1. The van der Waals surface area contributed by atoms with Gasteiger partial charge in [0.1, 0.15) is 12.1 Å². The van der Waals surface area contributed by atoms with E-state index in [1.165, 1.54) is 28.6 Å². The molecule has 10 nitrogen and oxygen atoms in total. The lowest BCUT2D eigenvalue weighted by molar-refractivity contribution is -0.133. The number of urea groups is 1. The van der Waals surface area contributed by atoms with Gasteiger partial charge in [-0.3, -0.25) is 14.5 Å². The number of benzene rings is 1. The SMILES string of the molecule is O=C(CN1C(=O)NC2(CCSC2)C1=O)Nc1ccc(S(=O)(=O)N2CCOCC2)cc1. The molecule has 3 aliphatic rings. The van der Waals surface area contributed by atoms with E-state index in [0.29, 0.717) is 44.2 Å². The first kappa shape index (κ1) is 21.1. The number of nitrogens with zero attached hydrogens (tertiary/aromatic N) is 2. The second kappa shape index (κ2) is 8.17. The van der Waals surface area contributed by atoms with Crippen LogP contribution in [0.5, 0.6) is 0 Å². The number of nitrogens with one attached hydrogen (secondary N) is 2. The summed E-state index contributed by atoms with van der Waals surface area (Å²) in [5.41, 5.74) is -0.517. The summed E-state index contributed by atoms with van der Waals surface area (Å²) in [6.07, 6.45) is 0.555. The molecule has 1 spiro atoms. The summed E-state index contributed by atoms with van der Waals surface area (Å²) in [5.74, 6) is 0.380. The monoisotopic (exact) mass is 454 g/mol. The number of rotatable bonds is 5. The van der Waals surface area contributed by atoms with Crippen molar-refractivity contribution in [3.63, 3.8) is 0 Å². The minimum absolute atomic E-state index is 0.122. The lowest BCUT2D eigenvalue weighted by Crippen LogP contribution is -2.47. The summed E-state index contributed by atoms with van der Waals surface area (Å²) in [5, 5.41) is 5.31.